The summed E-state index contributed by atoms with van der Waals surface area (Å²) in [5.41, 5.74) is 5.99. The number of rotatable bonds is 11. The topological polar surface area (TPSA) is 192 Å². The minimum absolute atomic E-state index is 0. The average Bonchev–Trinajstić information content (AvgIpc) is 3.10. The number of aliphatic hydroxyl groups is 4. The van der Waals surface area contributed by atoms with Crippen LogP contribution < -0.4 is 16.4 Å². The summed E-state index contributed by atoms with van der Waals surface area (Å²) < 4.78 is 0. The van der Waals surface area contributed by atoms with Gasteiger partial charge < -0.3 is 41.7 Å². The number of aliphatic hydroxyl groups excluding tert-OH is 4. The normalized spacial score (nSPS) is 26.6. The summed E-state index contributed by atoms with van der Waals surface area (Å²) in [4.78, 5) is 28.2. The highest BCUT2D eigenvalue weighted by molar-refractivity contribution is 7.10. The van der Waals surface area contributed by atoms with Crippen LogP contribution in [0.15, 0.2) is 11.4 Å². The van der Waals surface area contributed by atoms with Crippen molar-refractivity contribution in [3.8, 4) is 0 Å². The highest BCUT2D eigenvalue weighted by Crippen LogP contribution is 2.59. The number of piperidine rings is 1. The number of carbonyl (C=O) groups is 2. The summed E-state index contributed by atoms with van der Waals surface area (Å²) in [5, 5.41) is 53.6. The average molecular weight is 520 g/mol. The Bertz CT molecular complexity index is 901. The fourth-order valence-corrected chi connectivity index (χ4v) is 5.14. The Kier molecular flexibility index (Phi) is 9.44. The number of nitrogens with two attached hydrogens (primary N) is 1. The van der Waals surface area contributed by atoms with Crippen LogP contribution in [0.25, 0.3) is 0 Å². The Morgan fingerprint density at radius 1 is 1.29 bits per heavy atom. The molecule has 9 N–H and O–H groups in total. The molecular weight excluding hydrogens is 486 g/mol. The van der Waals surface area contributed by atoms with Crippen LogP contribution in [0.5, 0.6) is 0 Å². The molecule has 13 heteroatoms. The quantitative estimate of drug-likeness (QED) is 0.128. The van der Waals surface area contributed by atoms with Gasteiger partial charge in [0.15, 0.2) is 0 Å². The Hall–Kier alpha value is -1.80. The fourth-order valence-electron chi connectivity index (χ4n) is 4.32. The van der Waals surface area contributed by atoms with Gasteiger partial charge in [-0.25, -0.2) is 0 Å². The third-order valence-electron chi connectivity index (χ3n) is 6.50. The number of thiophene rings is 1. The highest BCUT2D eigenvalue weighted by Gasteiger charge is 2.64. The highest BCUT2D eigenvalue weighted by atomic mass is 35.5. The molecule has 0 aromatic carbocycles. The maximum atomic E-state index is 12.9. The smallest absolute Gasteiger partial charge is 0.243 e. The number of hydrogen-bond acceptors (Lipinski definition) is 9. The van der Waals surface area contributed by atoms with Gasteiger partial charge in [0.05, 0.1) is 25.3 Å². The molecule has 1 aliphatic heterocycles. The first-order valence-electron chi connectivity index (χ1n) is 10.9. The minimum atomic E-state index is -1.56. The van der Waals surface area contributed by atoms with E-state index in [1.54, 1.807) is 16.3 Å². The first-order chi connectivity index (χ1) is 15.4. The van der Waals surface area contributed by atoms with Crippen molar-refractivity contribution in [1.82, 2.24) is 15.5 Å². The predicted octanol–water partition coefficient (Wildman–Crippen LogP) is -1.50. The monoisotopic (exact) mass is 519 g/mol. The molecule has 1 saturated carbocycles. The Balaban J connectivity index is 0.00000408. The van der Waals surface area contributed by atoms with Crippen molar-refractivity contribution in [3.63, 3.8) is 0 Å². The van der Waals surface area contributed by atoms with E-state index in [0.29, 0.717) is 12.0 Å². The van der Waals surface area contributed by atoms with Crippen LogP contribution in [0.3, 0.4) is 0 Å². The number of likely N-dealkylation sites (tertiary alicyclic amines) is 1. The molecular formula is C21H34ClN5O6S. The van der Waals surface area contributed by atoms with E-state index in [1.807, 2.05) is 0 Å². The fraction of sp³-hybridized carbons (Fsp3) is 0.667. The van der Waals surface area contributed by atoms with Crippen LogP contribution in [-0.2, 0) is 16.1 Å². The van der Waals surface area contributed by atoms with Gasteiger partial charge in [0.2, 0.25) is 11.8 Å². The molecule has 192 valence electrons. The SMILES string of the molecule is C[C@H](O)[C@H](O)[C@@H](O)[C@@H](O)CNCC(=O)N1[C@H]2C[C@@]2(C)C[C@H]1C(=O)NCc1cc(C(=N)N)cs1.Cl. The van der Waals surface area contributed by atoms with Crippen LogP contribution in [0.4, 0.5) is 0 Å². The number of hydrogen-bond donors (Lipinski definition) is 8. The Labute approximate surface area is 208 Å². The van der Waals surface area contributed by atoms with Crippen LogP contribution in [0.2, 0.25) is 0 Å². The standard InChI is InChI=1S/C21H33N5O6S.ClH/c1-10(27)17(30)18(31)14(28)7-24-8-16(29)26-13(4-21(2)5-15(21)26)20(32)25-6-12-3-11(9-33-12)19(22)23;/h3,9-10,13-15,17-18,24,27-28,30-31H,4-8H2,1-2H3,(H3,22,23)(H,25,32);1H/t10-,13-,14-,15-,17-,18-,21+;/m0./s1. The lowest BCUT2D eigenvalue weighted by Crippen LogP contribution is -2.52. The number of fused-ring (bicyclic) bond motifs is 1. The van der Waals surface area contributed by atoms with Gasteiger partial charge in [-0.1, -0.05) is 6.92 Å². The lowest BCUT2D eigenvalue weighted by molar-refractivity contribution is -0.139. The van der Waals surface area contributed by atoms with Crippen molar-refractivity contribution in [1.29, 1.82) is 5.41 Å². The number of halogens is 1. The second-order valence-electron chi connectivity index (χ2n) is 9.25. The van der Waals surface area contributed by atoms with Gasteiger partial charge in [-0.2, -0.15) is 0 Å². The Morgan fingerprint density at radius 3 is 2.56 bits per heavy atom. The molecule has 2 aliphatic rings. The van der Waals surface area contributed by atoms with Gasteiger partial charge in [-0.15, -0.1) is 23.7 Å². The van der Waals surface area contributed by atoms with Gasteiger partial charge in [0, 0.05) is 28.4 Å². The third-order valence-corrected chi connectivity index (χ3v) is 7.43. The maximum absolute atomic E-state index is 12.9. The number of nitrogen functional groups attached to an aromatic ring is 1. The minimum Gasteiger partial charge on any atom is -0.391 e. The van der Waals surface area contributed by atoms with Crippen molar-refractivity contribution in [2.45, 2.75) is 69.7 Å². The molecule has 34 heavy (non-hydrogen) atoms. The molecule has 1 aromatic heterocycles. The van der Waals surface area contributed by atoms with Crippen molar-refractivity contribution in [2.75, 3.05) is 13.1 Å². The molecule has 1 aromatic rings. The molecule has 2 fully saturated rings. The van der Waals surface area contributed by atoms with Gasteiger partial charge in [-0.05, 0) is 31.2 Å². The van der Waals surface area contributed by atoms with E-state index in [-0.39, 0.29) is 61.1 Å². The van der Waals surface area contributed by atoms with E-state index < -0.39 is 30.5 Å². The van der Waals surface area contributed by atoms with Crippen molar-refractivity contribution >= 4 is 41.4 Å². The molecule has 2 heterocycles. The third kappa shape index (κ3) is 6.25. The number of carbonyl (C=O) groups excluding carboxylic acids is 2. The molecule has 0 radical (unpaired) electrons. The van der Waals surface area contributed by atoms with Gasteiger partial charge in [0.1, 0.15) is 24.1 Å². The molecule has 11 nitrogen and oxygen atoms in total. The second-order valence-corrected chi connectivity index (χ2v) is 10.2. The molecule has 7 atom stereocenters. The summed E-state index contributed by atoms with van der Waals surface area (Å²) in [6.45, 7) is 3.32. The van der Waals surface area contributed by atoms with E-state index in [2.05, 4.69) is 17.6 Å². The zero-order chi connectivity index (χ0) is 24.5. The lowest BCUT2D eigenvalue weighted by atomic mass is 10.0. The number of nitrogens with one attached hydrogen (secondary N) is 3. The van der Waals surface area contributed by atoms with E-state index >= 15 is 0 Å². The first kappa shape index (κ1) is 28.4. The van der Waals surface area contributed by atoms with Crippen LogP contribution in [0.1, 0.15) is 37.1 Å². The molecule has 0 bridgehead atoms. The van der Waals surface area contributed by atoms with Gasteiger partial charge in [-0.3, -0.25) is 15.0 Å². The van der Waals surface area contributed by atoms with Crippen LogP contribution in [-0.4, -0.2) is 92.6 Å². The summed E-state index contributed by atoms with van der Waals surface area (Å²) >= 11 is 1.39. The van der Waals surface area contributed by atoms with Crippen LogP contribution >= 0.6 is 23.7 Å². The zero-order valence-corrected chi connectivity index (χ0v) is 20.7. The van der Waals surface area contributed by atoms with Crippen molar-refractivity contribution in [3.05, 3.63) is 21.9 Å². The first-order valence-corrected chi connectivity index (χ1v) is 11.8. The van der Waals surface area contributed by atoms with Crippen LogP contribution in [0, 0.1) is 10.8 Å². The number of nitrogens with zero attached hydrogens (tertiary/aromatic N) is 1. The van der Waals surface area contributed by atoms with E-state index in [1.165, 1.54) is 18.3 Å². The van der Waals surface area contributed by atoms with Crippen molar-refractivity contribution < 1.29 is 30.0 Å². The maximum Gasteiger partial charge on any atom is 0.243 e. The lowest BCUT2D eigenvalue weighted by Gasteiger charge is -2.28. The predicted molar refractivity (Wildman–Crippen MR) is 129 cm³/mol. The molecule has 2 amide bonds. The van der Waals surface area contributed by atoms with E-state index in [9.17, 15) is 30.0 Å². The zero-order valence-electron chi connectivity index (χ0n) is 19.1. The molecule has 1 aliphatic carbocycles. The second kappa shape index (κ2) is 11.3. The summed E-state index contributed by atoms with van der Waals surface area (Å²) in [7, 11) is 0. The number of amidine groups is 1. The molecule has 3 rings (SSSR count). The summed E-state index contributed by atoms with van der Waals surface area (Å²) in [6.07, 6.45) is -4.26. The summed E-state index contributed by atoms with van der Waals surface area (Å²) in [5.74, 6) is -0.561. The molecule has 1 saturated heterocycles. The molecule has 0 unspecified atom stereocenters. The van der Waals surface area contributed by atoms with Gasteiger partial charge >= 0.3 is 0 Å². The Morgan fingerprint density at radius 2 is 1.97 bits per heavy atom. The summed E-state index contributed by atoms with van der Waals surface area (Å²) in [6, 6.07) is 1.14. The number of amides is 2. The van der Waals surface area contributed by atoms with Gasteiger partial charge in [0.25, 0.3) is 0 Å². The molecule has 0 spiro atoms. The van der Waals surface area contributed by atoms with E-state index in [4.69, 9.17) is 11.1 Å². The van der Waals surface area contributed by atoms with Crippen molar-refractivity contribution in [2.24, 2.45) is 11.1 Å². The van der Waals surface area contributed by atoms with E-state index in [0.717, 1.165) is 11.3 Å². The largest absolute Gasteiger partial charge is 0.391 e.